The van der Waals surface area contributed by atoms with Crippen molar-refractivity contribution < 1.29 is 14.6 Å². The minimum atomic E-state index is -0.482. The fraction of sp³-hybridized carbons (Fsp3) is 0.923. The number of aliphatic hydroxyl groups is 1. The van der Waals surface area contributed by atoms with Gasteiger partial charge in [0.1, 0.15) is 0 Å². The van der Waals surface area contributed by atoms with Crippen LogP contribution in [0.3, 0.4) is 0 Å². The number of nitrogens with one attached hydrogen (secondary N) is 1. The molecule has 4 N–H and O–H groups in total. The first-order valence-corrected chi connectivity index (χ1v) is 6.91. The van der Waals surface area contributed by atoms with Crippen LogP contribution in [-0.2, 0) is 9.53 Å². The molecule has 5 heteroatoms. The molecule has 0 radical (unpaired) electrons. The summed E-state index contributed by atoms with van der Waals surface area (Å²) in [5, 5.41) is 12.6. The lowest BCUT2D eigenvalue weighted by Gasteiger charge is -2.12. The summed E-state index contributed by atoms with van der Waals surface area (Å²) >= 11 is 0. The molecule has 0 aliphatic rings. The van der Waals surface area contributed by atoms with Gasteiger partial charge in [-0.2, -0.15) is 0 Å². The maximum absolute atomic E-state index is 10.5. The molecule has 18 heavy (non-hydrogen) atoms. The molecule has 0 aliphatic heterocycles. The predicted molar refractivity (Wildman–Crippen MR) is 72.3 cm³/mol. The summed E-state index contributed by atoms with van der Waals surface area (Å²) in [7, 11) is 0. The number of nitrogens with two attached hydrogens (primary N) is 1. The number of carbonyl (C=O) groups is 1. The zero-order chi connectivity index (χ0) is 13.6. The molecule has 1 unspecified atom stereocenters. The fourth-order valence-electron chi connectivity index (χ4n) is 1.57. The quantitative estimate of drug-likeness (QED) is 0.428. The van der Waals surface area contributed by atoms with Crippen molar-refractivity contribution in [3.8, 4) is 0 Å². The number of ether oxygens (including phenoxy) is 1. The summed E-state index contributed by atoms with van der Waals surface area (Å²) in [6, 6.07) is 0. The average molecular weight is 260 g/mol. The molecule has 0 saturated carbocycles. The van der Waals surface area contributed by atoms with Gasteiger partial charge in [0.25, 0.3) is 0 Å². The van der Waals surface area contributed by atoms with E-state index in [0.29, 0.717) is 32.5 Å². The zero-order valence-corrected chi connectivity index (χ0v) is 11.5. The Bertz CT molecular complexity index is 201. The number of amides is 1. The molecule has 0 aromatic carbocycles. The van der Waals surface area contributed by atoms with Crippen LogP contribution in [0.1, 0.15) is 45.4 Å². The van der Waals surface area contributed by atoms with Gasteiger partial charge in [-0.15, -0.1) is 0 Å². The molecule has 108 valence electrons. The van der Waals surface area contributed by atoms with Gasteiger partial charge in [-0.25, -0.2) is 0 Å². The number of carbonyl (C=O) groups excluding carboxylic acids is 1. The first-order valence-electron chi connectivity index (χ1n) is 6.91. The Kier molecular flexibility index (Phi) is 12.3. The summed E-state index contributed by atoms with van der Waals surface area (Å²) in [5.41, 5.74) is 5.01. The molecule has 5 nitrogen and oxygen atoms in total. The summed E-state index contributed by atoms with van der Waals surface area (Å²) in [5.74, 6) is -0.284. The first kappa shape index (κ1) is 17.4. The highest BCUT2D eigenvalue weighted by Crippen LogP contribution is 1.99. The van der Waals surface area contributed by atoms with E-state index in [1.807, 2.05) is 0 Å². The number of primary amides is 1. The SMILES string of the molecule is CCCCCCOCC(O)CNCCCC(N)=O. The molecule has 0 aromatic rings. The van der Waals surface area contributed by atoms with Crippen molar-refractivity contribution in [2.75, 3.05) is 26.3 Å². The smallest absolute Gasteiger partial charge is 0.217 e. The van der Waals surface area contributed by atoms with Gasteiger partial charge in [0, 0.05) is 19.6 Å². The number of unbranched alkanes of at least 4 members (excludes halogenated alkanes) is 3. The van der Waals surface area contributed by atoms with Crippen LogP contribution in [0.2, 0.25) is 0 Å². The van der Waals surface area contributed by atoms with E-state index in [4.69, 9.17) is 10.5 Å². The monoisotopic (exact) mass is 260 g/mol. The van der Waals surface area contributed by atoms with Crippen molar-refractivity contribution in [1.29, 1.82) is 0 Å². The summed E-state index contributed by atoms with van der Waals surface area (Å²) in [6.45, 7) is 4.45. The Labute approximate surface area is 110 Å². The molecule has 0 aliphatic carbocycles. The summed E-state index contributed by atoms with van der Waals surface area (Å²) in [4.78, 5) is 10.5. The molecule has 0 spiro atoms. The Morgan fingerprint density at radius 2 is 2.11 bits per heavy atom. The minimum absolute atomic E-state index is 0.284. The fourth-order valence-corrected chi connectivity index (χ4v) is 1.57. The van der Waals surface area contributed by atoms with Crippen molar-refractivity contribution in [3.05, 3.63) is 0 Å². The molecular weight excluding hydrogens is 232 g/mol. The van der Waals surface area contributed by atoms with E-state index in [0.717, 1.165) is 13.0 Å². The second-order valence-electron chi connectivity index (χ2n) is 4.56. The third kappa shape index (κ3) is 13.4. The highest BCUT2D eigenvalue weighted by Gasteiger charge is 2.03. The van der Waals surface area contributed by atoms with E-state index in [1.54, 1.807) is 0 Å². The molecule has 0 heterocycles. The Morgan fingerprint density at radius 1 is 1.33 bits per heavy atom. The number of rotatable bonds is 13. The largest absolute Gasteiger partial charge is 0.389 e. The van der Waals surface area contributed by atoms with Gasteiger partial charge in [-0.05, 0) is 19.4 Å². The van der Waals surface area contributed by atoms with Crippen LogP contribution < -0.4 is 11.1 Å². The third-order valence-corrected chi connectivity index (χ3v) is 2.61. The molecule has 0 rings (SSSR count). The van der Waals surface area contributed by atoms with Crippen LogP contribution in [-0.4, -0.2) is 43.4 Å². The van der Waals surface area contributed by atoms with E-state index < -0.39 is 6.10 Å². The molecule has 0 saturated heterocycles. The highest BCUT2D eigenvalue weighted by molar-refractivity contribution is 5.73. The lowest BCUT2D eigenvalue weighted by atomic mass is 10.2. The standard InChI is InChI=1S/C13H28N2O3/c1-2-3-4-5-9-18-11-12(16)10-15-8-6-7-13(14)17/h12,15-16H,2-11H2,1H3,(H2,14,17). The number of aliphatic hydroxyl groups excluding tert-OH is 1. The molecule has 0 bridgehead atoms. The Morgan fingerprint density at radius 3 is 2.78 bits per heavy atom. The van der Waals surface area contributed by atoms with E-state index in [1.165, 1.54) is 19.3 Å². The highest BCUT2D eigenvalue weighted by atomic mass is 16.5. The lowest BCUT2D eigenvalue weighted by molar-refractivity contribution is -0.118. The van der Waals surface area contributed by atoms with Crippen molar-refractivity contribution in [3.63, 3.8) is 0 Å². The van der Waals surface area contributed by atoms with Crippen LogP contribution in [0.25, 0.3) is 0 Å². The van der Waals surface area contributed by atoms with Crippen molar-refractivity contribution in [1.82, 2.24) is 5.32 Å². The lowest BCUT2D eigenvalue weighted by Crippen LogP contribution is -2.31. The van der Waals surface area contributed by atoms with E-state index >= 15 is 0 Å². The Balaban J connectivity index is 3.17. The minimum Gasteiger partial charge on any atom is -0.389 e. The van der Waals surface area contributed by atoms with E-state index in [2.05, 4.69) is 12.2 Å². The van der Waals surface area contributed by atoms with Crippen LogP contribution in [0.15, 0.2) is 0 Å². The maximum atomic E-state index is 10.5. The zero-order valence-electron chi connectivity index (χ0n) is 11.5. The normalized spacial score (nSPS) is 12.6. The van der Waals surface area contributed by atoms with Crippen molar-refractivity contribution in [2.24, 2.45) is 5.73 Å². The van der Waals surface area contributed by atoms with Gasteiger partial charge in [-0.3, -0.25) is 4.79 Å². The predicted octanol–water partition coefficient (Wildman–Crippen LogP) is 0.799. The first-order chi connectivity index (χ1) is 8.66. The van der Waals surface area contributed by atoms with Crippen LogP contribution in [0, 0.1) is 0 Å². The van der Waals surface area contributed by atoms with Crippen LogP contribution >= 0.6 is 0 Å². The van der Waals surface area contributed by atoms with Crippen molar-refractivity contribution >= 4 is 5.91 Å². The molecule has 0 aromatic heterocycles. The number of hydrogen-bond donors (Lipinski definition) is 3. The summed E-state index contributed by atoms with van der Waals surface area (Å²) < 4.78 is 5.37. The van der Waals surface area contributed by atoms with Gasteiger partial charge >= 0.3 is 0 Å². The Hall–Kier alpha value is -0.650. The second kappa shape index (κ2) is 12.8. The van der Waals surface area contributed by atoms with Gasteiger partial charge in [0.05, 0.1) is 12.7 Å². The number of hydrogen-bond acceptors (Lipinski definition) is 4. The van der Waals surface area contributed by atoms with Crippen molar-refractivity contribution in [2.45, 2.75) is 51.6 Å². The van der Waals surface area contributed by atoms with Gasteiger partial charge in [-0.1, -0.05) is 26.2 Å². The molecular formula is C13H28N2O3. The van der Waals surface area contributed by atoms with Crippen LogP contribution in [0.4, 0.5) is 0 Å². The molecule has 0 fully saturated rings. The van der Waals surface area contributed by atoms with Gasteiger partial charge < -0.3 is 20.9 Å². The van der Waals surface area contributed by atoms with Gasteiger partial charge in [0.15, 0.2) is 0 Å². The molecule has 1 amide bonds. The molecule has 1 atom stereocenters. The summed E-state index contributed by atoms with van der Waals surface area (Å²) in [6.07, 6.45) is 5.33. The third-order valence-electron chi connectivity index (χ3n) is 2.61. The average Bonchev–Trinajstić information content (AvgIpc) is 2.33. The van der Waals surface area contributed by atoms with E-state index in [-0.39, 0.29) is 5.91 Å². The van der Waals surface area contributed by atoms with Crippen LogP contribution in [0.5, 0.6) is 0 Å². The topological polar surface area (TPSA) is 84.6 Å². The second-order valence-corrected chi connectivity index (χ2v) is 4.56. The van der Waals surface area contributed by atoms with Gasteiger partial charge in [0.2, 0.25) is 5.91 Å². The van der Waals surface area contributed by atoms with E-state index in [9.17, 15) is 9.90 Å². The maximum Gasteiger partial charge on any atom is 0.217 e.